The van der Waals surface area contributed by atoms with Crippen LogP contribution < -0.4 is 9.47 Å². The van der Waals surface area contributed by atoms with Gasteiger partial charge in [0, 0.05) is 10.6 Å². The number of hydrogen-bond donors (Lipinski definition) is 1. The molecule has 0 saturated heterocycles. The van der Waals surface area contributed by atoms with E-state index in [0.29, 0.717) is 36.1 Å². The Morgan fingerprint density at radius 1 is 1.09 bits per heavy atom. The van der Waals surface area contributed by atoms with Gasteiger partial charge in [-0.25, -0.2) is 9.78 Å². The van der Waals surface area contributed by atoms with E-state index in [2.05, 4.69) is 16.7 Å². The van der Waals surface area contributed by atoms with Crippen molar-refractivity contribution >= 4 is 28.6 Å². The number of aryl methyl sites for hydroxylation is 2. The Kier molecular flexibility index (Phi) is 6.80. The van der Waals surface area contributed by atoms with Crippen LogP contribution in [0.3, 0.4) is 0 Å². The summed E-state index contributed by atoms with van der Waals surface area (Å²) in [6.45, 7) is 9.20. The molecule has 4 rings (SSSR count). The van der Waals surface area contributed by atoms with E-state index in [4.69, 9.17) is 26.1 Å². The number of fused-ring (bicyclic) bond motifs is 1. The first-order chi connectivity index (χ1) is 16.3. The largest absolute Gasteiger partial charge is 0.494 e. The molecule has 0 radical (unpaired) electrons. The molecular weight excluding hydrogens is 452 g/mol. The molecular formula is C27H27ClN2O4. The molecule has 1 heterocycles. The van der Waals surface area contributed by atoms with E-state index < -0.39 is 5.97 Å². The van der Waals surface area contributed by atoms with Gasteiger partial charge < -0.3 is 19.1 Å². The summed E-state index contributed by atoms with van der Waals surface area (Å²) in [7, 11) is 0. The lowest BCUT2D eigenvalue weighted by Gasteiger charge is -2.13. The van der Waals surface area contributed by atoms with Crippen molar-refractivity contribution in [3.05, 3.63) is 87.2 Å². The number of hydrogen-bond acceptors (Lipinski definition) is 4. The van der Waals surface area contributed by atoms with Crippen LogP contribution in [0.25, 0.3) is 11.0 Å². The van der Waals surface area contributed by atoms with Crippen molar-refractivity contribution in [2.75, 3.05) is 6.61 Å². The van der Waals surface area contributed by atoms with Crippen LogP contribution in [0.2, 0.25) is 5.02 Å². The Hall–Kier alpha value is -3.51. The van der Waals surface area contributed by atoms with Gasteiger partial charge in [-0.15, -0.1) is 0 Å². The molecule has 0 atom stereocenters. The van der Waals surface area contributed by atoms with E-state index in [-0.39, 0.29) is 5.56 Å². The van der Waals surface area contributed by atoms with Gasteiger partial charge in [-0.05, 0) is 74.7 Å². The standard InChI is InChI=1S/C27H27ClN2O4/c1-5-33-21-10-9-20(23(28)13-21)14-30-18(4)29-26-16(2)11-19(12-24(26)30)15-34-25-8-6-7-22(17(25)3)27(31)32/h6-13H,5,14-15H2,1-4H3,(H,31,32). The number of imidazole rings is 1. The average Bonchev–Trinajstić information content (AvgIpc) is 3.10. The highest BCUT2D eigenvalue weighted by Gasteiger charge is 2.15. The highest BCUT2D eigenvalue weighted by molar-refractivity contribution is 6.31. The van der Waals surface area contributed by atoms with Crippen LogP contribution in [-0.2, 0) is 13.2 Å². The van der Waals surface area contributed by atoms with Gasteiger partial charge in [-0.3, -0.25) is 0 Å². The summed E-state index contributed by atoms with van der Waals surface area (Å²) in [4.78, 5) is 16.2. The second-order valence-corrected chi connectivity index (χ2v) is 8.64. The van der Waals surface area contributed by atoms with Crippen molar-refractivity contribution in [1.29, 1.82) is 0 Å². The molecule has 1 aromatic heterocycles. The van der Waals surface area contributed by atoms with Crippen molar-refractivity contribution < 1.29 is 19.4 Å². The minimum atomic E-state index is -0.965. The van der Waals surface area contributed by atoms with Crippen molar-refractivity contribution in [1.82, 2.24) is 9.55 Å². The summed E-state index contributed by atoms with van der Waals surface area (Å²) in [6.07, 6.45) is 0. The van der Waals surface area contributed by atoms with E-state index >= 15 is 0 Å². The first-order valence-corrected chi connectivity index (χ1v) is 11.5. The molecule has 0 aliphatic heterocycles. The monoisotopic (exact) mass is 478 g/mol. The Balaban J connectivity index is 1.64. The third kappa shape index (κ3) is 4.73. The van der Waals surface area contributed by atoms with Crippen LogP contribution in [-0.4, -0.2) is 27.2 Å². The predicted octanol–water partition coefficient (Wildman–Crippen LogP) is 6.34. The molecule has 176 valence electrons. The fourth-order valence-corrected chi connectivity index (χ4v) is 4.34. The van der Waals surface area contributed by atoms with Crippen LogP contribution in [0.1, 0.15) is 45.4 Å². The molecule has 34 heavy (non-hydrogen) atoms. The normalized spacial score (nSPS) is 11.1. The molecule has 0 amide bonds. The minimum absolute atomic E-state index is 0.241. The minimum Gasteiger partial charge on any atom is -0.494 e. The van der Waals surface area contributed by atoms with Gasteiger partial charge in [0.05, 0.1) is 29.7 Å². The highest BCUT2D eigenvalue weighted by atomic mass is 35.5. The Morgan fingerprint density at radius 2 is 1.88 bits per heavy atom. The van der Waals surface area contributed by atoms with Crippen LogP contribution >= 0.6 is 11.6 Å². The van der Waals surface area contributed by atoms with Gasteiger partial charge in [0.2, 0.25) is 0 Å². The molecule has 4 aromatic rings. The summed E-state index contributed by atoms with van der Waals surface area (Å²) in [5, 5.41) is 10.0. The molecule has 0 aliphatic rings. The fourth-order valence-electron chi connectivity index (χ4n) is 4.11. The third-order valence-corrected chi connectivity index (χ3v) is 6.22. The summed E-state index contributed by atoms with van der Waals surface area (Å²) < 4.78 is 13.7. The Bertz CT molecular complexity index is 1380. The lowest BCUT2D eigenvalue weighted by Crippen LogP contribution is -2.05. The summed E-state index contributed by atoms with van der Waals surface area (Å²) in [5.74, 6) is 1.24. The number of carboxylic acid groups (broad SMARTS) is 1. The highest BCUT2D eigenvalue weighted by Crippen LogP contribution is 2.28. The summed E-state index contributed by atoms with van der Waals surface area (Å²) in [5.41, 5.74) is 5.79. The zero-order valence-electron chi connectivity index (χ0n) is 19.7. The van der Waals surface area contributed by atoms with E-state index in [1.807, 2.05) is 39.0 Å². The number of carbonyl (C=O) groups is 1. The molecule has 0 unspecified atom stereocenters. The molecule has 1 N–H and O–H groups in total. The third-order valence-electron chi connectivity index (χ3n) is 5.87. The number of aromatic carboxylic acids is 1. The molecule has 0 saturated carbocycles. The molecule has 0 bridgehead atoms. The average molecular weight is 479 g/mol. The number of carboxylic acids is 1. The van der Waals surface area contributed by atoms with Gasteiger partial charge >= 0.3 is 5.97 Å². The summed E-state index contributed by atoms with van der Waals surface area (Å²) >= 11 is 6.54. The molecule has 0 spiro atoms. The lowest BCUT2D eigenvalue weighted by molar-refractivity contribution is 0.0695. The first kappa shape index (κ1) is 23.6. The van der Waals surface area contributed by atoms with Crippen molar-refractivity contribution in [2.24, 2.45) is 0 Å². The zero-order chi connectivity index (χ0) is 24.4. The van der Waals surface area contributed by atoms with Gasteiger partial charge in [-0.2, -0.15) is 0 Å². The molecule has 0 aliphatic carbocycles. The number of nitrogens with zero attached hydrogens (tertiary/aromatic N) is 2. The van der Waals surface area contributed by atoms with E-state index in [1.54, 1.807) is 25.1 Å². The van der Waals surface area contributed by atoms with Crippen LogP contribution in [0.4, 0.5) is 0 Å². The second kappa shape index (κ2) is 9.77. The predicted molar refractivity (Wildman–Crippen MR) is 133 cm³/mol. The SMILES string of the molecule is CCOc1ccc(Cn2c(C)nc3c(C)cc(COc4cccc(C(=O)O)c4C)cc32)c(Cl)c1. The summed E-state index contributed by atoms with van der Waals surface area (Å²) in [6, 6.07) is 14.9. The van der Waals surface area contributed by atoms with E-state index in [1.165, 1.54) is 0 Å². The van der Waals surface area contributed by atoms with Crippen molar-refractivity contribution in [2.45, 2.75) is 40.8 Å². The maximum absolute atomic E-state index is 11.4. The Labute approximate surface area is 203 Å². The lowest BCUT2D eigenvalue weighted by atomic mass is 10.1. The Morgan fingerprint density at radius 3 is 2.59 bits per heavy atom. The fraction of sp³-hybridized carbons (Fsp3) is 0.259. The smallest absolute Gasteiger partial charge is 0.336 e. The van der Waals surface area contributed by atoms with Crippen LogP contribution in [0.15, 0.2) is 48.5 Å². The van der Waals surface area contributed by atoms with E-state index in [9.17, 15) is 9.90 Å². The number of aromatic nitrogens is 2. The van der Waals surface area contributed by atoms with Crippen LogP contribution in [0.5, 0.6) is 11.5 Å². The quantitative estimate of drug-likeness (QED) is 0.320. The van der Waals surface area contributed by atoms with Gasteiger partial charge in [-0.1, -0.05) is 29.8 Å². The van der Waals surface area contributed by atoms with Crippen LogP contribution in [0, 0.1) is 20.8 Å². The first-order valence-electron chi connectivity index (χ1n) is 11.1. The zero-order valence-corrected chi connectivity index (χ0v) is 20.4. The van der Waals surface area contributed by atoms with Crippen molar-refractivity contribution in [3.8, 4) is 11.5 Å². The maximum atomic E-state index is 11.4. The maximum Gasteiger partial charge on any atom is 0.336 e. The molecule has 7 heteroatoms. The topological polar surface area (TPSA) is 73.6 Å². The van der Waals surface area contributed by atoms with Gasteiger partial charge in [0.1, 0.15) is 23.9 Å². The number of halogens is 1. The number of benzene rings is 3. The van der Waals surface area contributed by atoms with E-state index in [0.717, 1.165) is 39.3 Å². The number of ether oxygens (including phenoxy) is 2. The van der Waals surface area contributed by atoms with Crippen molar-refractivity contribution in [3.63, 3.8) is 0 Å². The second-order valence-electron chi connectivity index (χ2n) is 8.23. The molecule has 0 fully saturated rings. The van der Waals surface area contributed by atoms with Gasteiger partial charge in [0.15, 0.2) is 0 Å². The molecule has 3 aromatic carbocycles. The molecule has 6 nitrogen and oxygen atoms in total. The van der Waals surface area contributed by atoms with Gasteiger partial charge in [0.25, 0.3) is 0 Å². The number of rotatable bonds is 8.